The number of rotatable bonds is 5. The molecule has 0 aromatic carbocycles. The fraction of sp³-hybridized carbons (Fsp3) is 0.619. The summed E-state index contributed by atoms with van der Waals surface area (Å²) in [6, 6.07) is 0. The van der Waals surface area contributed by atoms with E-state index in [4.69, 9.17) is 9.72 Å². The Bertz CT molecular complexity index is 832. The Morgan fingerprint density at radius 3 is 2.62 bits per heavy atom. The van der Waals surface area contributed by atoms with Crippen molar-refractivity contribution in [2.24, 2.45) is 5.92 Å². The van der Waals surface area contributed by atoms with E-state index >= 15 is 0 Å². The molecule has 0 saturated carbocycles. The normalized spacial score (nSPS) is 20.0. The Morgan fingerprint density at radius 2 is 1.93 bits per heavy atom. The van der Waals surface area contributed by atoms with E-state index in [9.17, 15) is 4.79 Å². The molecule has 2 aromatic rings. The van der Waals surface area contributed by atoms with Gasteiger partial charge >= 0.3 is 5.97 Å². The van der Waals surface area contributed by atoms with E-state index in [1.54, 1.807) is 12.4 Å². The highest BCUT2D eigenvalue weighted by atomic mass is 32.1. The number of esters is 1. The summed E-state index contributed by atoms with van der Waals surface area (Å²) in [4.78, 5) is 31.7. The predicted octanol–water partition coefficient (Wildman–Crippen LogP) is 4.00. The fourth-order valence-corrected chi connectivity index (χ4v) is 5.05. The first-order chi connectivity index (χ1) is 14.2. The minimum atomic E-state index is -0.335. The van der Waals surface area contributed by atoms with Crippen LogP contribution in [0, 0.1) is 5.92 Å². The molecule has 1 atom stereocenters. The van der Waals surface area contributed by atoms with Gasteiger partial charge in [-0.1, -0.05) is 18.3 Å². The molecule has 156 valence electrons. The molecule has 0 spiro atoms. The van der Waals surface area contributed by atoms with Gasteiger partial charge in [0.1, 0.15) is 22.1 Å². The van der Waals surface area contributed by atoms with Crippen LogP contribution in [0.2, 0.25) is 0 Å². The third-order valence-electron chi connectivity index (χ3n) is 5.57. The lowest BCUT2D eigenvalue weighted by Crippen LogP contribution is -2.34. The lowest BCUT2D eigenvalue weighted by atomic mass is 10.0. The maximum atomic E-state index is 12.6. The van der Waals surface area contributed by atoms with E-state index in [-0.39, 0.29) is 5.97 Å². The molecule has 0 bridgehead atoms. The summed E-state index contributed by atoms with van der Waals surface area (Å²) in [6.07, 6.45) is 9.60. The van der Waals surface area contributed by atoms with E-state index in [0.29, 0.717) is 28.8 Å². The Morgan fingerprint density at radius 1 is 1.14 bits per heavy atom. The van der Waals surface area contributed by atoms with Crippen molar-refractivity contribution in [1.82, 2.24) is 15.0 Å². The average molecular weight is 416 g/mol. The van der Waals surface area contributed by atoms with Gasteiger partial charge in [0.15, 0.2) is 5.13 Å². The van der Waals surface area contributed by atoms with Crippen molar-refractivity contribution in [2.75, 3.05) is 42.6 Å². The van der Waals surface area contributed by atoms with Crippen LogP contribution in [0.25, 0.3) is 11.4 Å². The van der Waals surface area contributed by atoms with E-state index in [0.717, 1.165) is 43.5 Å². The van der Waals surface area contributed by atoms with Gasteiger partial charge in [-0.3, -0.25) is 0 Å². The van der Waals surface area contributed by atoms with Crippen molar-refractivity contribution in [3.05, 3.63) is 17.3 Å². The topological polar surface area (TPSA) is 71.5 Å². The van der Waals surface area contributed by atoms with Gasteiger partial charge < -0.3 is 14.5 Å². The molecule has 7 nitrogen and oxygen atoms in total. The molecule has 4 heterocycles. The third-order valence-corrected chi connectivity index (χ3v) is 6.66. The highest BCUT2D eigenvalue weighted by molar-refractivity contribution is 7.17. The van der Waals surface area contributed by atoms with Crippen molar-refractivity contribution in [2.45, 2.75) is 46.0 Å². The lowest BCUT2D eigenvalue weighted by molar-refractivity contribution is 0.0532. The molecule has 2 aliphatic rings. The van der Waals surface area contributed by atoms with Gasteiger partial charge in [-0.25, -0.2) is 19.7 Å². The monoisotopic (exact) mass is 415 g/mol. The number of ether oxygens (including phenoxy) is 1. The first-order valence-corrected chi connectivity index (χ1v) is 11.5. The second-order valence-corrected chi connectivity index (χ2v) is 8.87. The van der Waals surface area contributed by atoms with Crippen LogP contribution in [0.4, 0.5) is 10.9 Å². The van der Waals surface area contributed by atoms with Gasteiger partial charge in [0.25, 0.3) is 0 Å². The SMILES string of the molecule is CCOC(=O)c1sc(N2CCC[C@@H](C)C2)nc1-c1cnc(N2CCCCC2)cn1. The maximum absolute atomic E-state index is 12.6. The number of carbonyl (C=O) groups excluding carboxylic acids is 1. The summed E-state index contributed by atoms with van der Waals surface area (Å²) in [5.74, 6) is 1.19. The van der Waals surface area contributed by atoms with Crippen molar-refractivity contribution in [1.29, 1.82) is 0 Å². The van der Waals surface area contributed by atoms with E-state index < -0.39 is 0 Å². The molecule has 2 aliphatic heterocycles. The average Bonchev–Trinajstić information content (AvgIpc) is 3.20. The lowest BCUT2D eigenvalue weighted by Gasteiger charge is -2.30. The number of thiazole rings is 1. The van der Waals surface area contributed by atoms with E-state index in [1.165, 1.54) is 37.0 Å². The molecule has 0 amide bonds. The van der Waals surface area contributed by atoms with Crippen molar-refractivity contribution >= 4 is 28.3 Å². The first-order valence-electron chi connectivity index (χ1n) is 10.7. The van der Waals surface area contributed by atoms with Gasteiger partial charge in [-0.15, -0.1) is 0 Å². The Labute approximate surface area is 176 Å². The molecular weight excluding hydrogens is 386 g/mol. The van der Waals surface area contributed by atoms with Crippen LogP contribution in [-0.2, 0) is 4.74 Å². The molecule has 0 radical (unpaired) electrons. The van der Waals surface area contributed by atoms with Gasteiger partial charge in [-0.2, -0.15) is 0 Å². The molecule has 8 heteroatoms. The highest BCUT2D eigenvalue weighted by Gasteiger charge is 2.26. The van der Waals surface area contributed by atoms with Crippen LogP contribution >= 0.6 is 11.3 Å². The quantitative estimate of drug-likeness (QED) is 0.683. The molecule has 2 aromatic heterocycles. The third kappa shape index (κ3) is 4.52. The molecule has 29 heavy (non-hydrogen) atoms. The van der Waals surface area contributed by atoms with Gasteiger partial charge in [0.2, 0.25) is 0 Å². The van der Waals surface area contributed by atoms with E-state index in [1.807, 2.05) is 6.92 Å². The first kappa shape index (κ1) is 20.1. The minimum absolute atomic E-state index is 0.335. The van der Waals surface area contributed by atoms with Crippen molar-refractivity contribution in [3.8, 4) is 11.4 Å². The molecular formula is C21H29N5O2S. The number of carbonyl (C=O) groups is 1. The van der Waals surface area contributed by atoms with Crippen molar-refractivity contribution in [3.63, 3.8) is 0 Å². The molecule has 0 N–H and O–H groups in total. The van der Waals surface area contributed by atoms with Crippen LogP contribution < -0.4 is 9.80 Å². The molecule has 0 unspecified atom stereocenters. The summed E-state index contributed by atoms with van der Waals surface area (Å²) >= 11 is 1.41. The Hall–Kier alpha value is -2.22. The largest absolute Gasteiger partial charge is 0.462 e. The summed E-state index contributed by atoms with van der Waals surface area (Å²) in [7, 11) is 0. The molecule has 2 saturated heterocycles. The Balaban J connectivity index is 1.63. The summed E-state index contributed by atoms with van der Waals surface area (Å²) < 4.78 is 5.29. The zero-order chi connectivity index (χ0) is 20.2. The Kier molecular flexibility index (Phi) is 6.28. The molecule has 2 fully saturated rings. The number of hydrogen-bond acceptors (Lipinski definition) is 8. The summed E-state index contributed by atoms with van der Waals surface area (Å²) in [5.41, 5.74) is 1.21. The van der Waals surface area contributed by atoms with Gasteiger partial charge in [-0.05, 0) is 44.9 Å². The van der Waals surface area contributed by atoms with Crippen LogP contribution in [-0.4, -0.2) is 53.7 Å². The van der Waals surface area contributed by atoms with Crippen LogP contribution in [0.3, 0.4) is 0 Å². The fourth-order valence-electron chi connectivity index (χ4n) is 4.05. The zero-order valence-electron chi connectivity index (χ0n) is 17.3. The minimum Gasteiger partial charge on any atom is -0.462 e. The number of anilines is 2. The predicted molar refractivity (Wildman–Crippen MR) is 116 cm³/mol. The maximum Gasteiger partial charge on any atom is 0.350 e. The number of hydrogen-bond donors (Lipinski definition) is 0. The van der Waals surface area contributed by atoms with Crippen LogP contribution in [0.5, 0.6) is 0 Å². The second kappa shape index (κ2) is 9.07. The number of piperidine rings is 2. The number of aromatic nitrogens is 3. The smallest absolute Gasteiger partial charge is 0.350 e. The van der Waals surface area contributed by atoms with Crippen LogP contribution in [0.15, 0.2) is 12.4 Å². The molecule has 0 aliphatic carbocycles. The van der Waals surface area contributed by atoms with Gasteiger partial charge in [0.05, 0.1) is 19.0 Å². The second-order valence-electron chi connectivity index (χ2n) is 7.90. The van der Waals surface area contributed by atoms with Crippen LogP contribution in [0.1, 0.15) is 55.6 Å². The highest BCUT2D eigenvalue weighted by Crippen LogP contribution is 2.35. The standard InChI is InChI=1S/C21H29N5O2S/c1-3-28-20(27)19-18(24-21(29-19)26-11-7-8-15(2)14-26)16-12-23-17(13-22-16)25-9-5-4-6-10-25/h12-13,15H,3-11,14H2,1-2H3/t15-/m1/s1. The van der Waals surface area contributed by atoms with Gasteiger partial charge in [0, 0.05) is 26.2 Å². The summed E-state index contributed by atoms with van der Waals surface area (Å²) in [6.45, 7) is 8.41. The van der Waals surface area contributed by atoms with E-state index in [2.05, 4.69) is 26.7 Å². The summed E-state index contributed by atoms with van der Waals surface area (Å²) in [5, 5.41) is 0.872. The zero-order valence-corrected chi connectivity index (χ0v) is 18.1. The number of nitrogens with zero attached hydrogens (tertiary/aromatic N) is 5. The molecule has 4 rings (SSSR count). The van der Waals surface area contributed by atoms with Crippen molar-refractivity contribution < 1.29 is 9.53 Å².